The summed E-state index contributed by atoms with van der Waals surface area (Å²) in [7, 11) is 0. The van der Waals surface area contributed by atoms with Gasteiger partial charge in [0.1, 0.15) is 0 Å². The monoisotopic (exact) mass is 230 g/mol. The zero-order chi connectivity index (χ0) is 11.8. The molecule has 4 nitrogen and oxygen atoms in total. The van der Waals surface area contributed by atoms with Crippen LogP contribution in [0.3, 0.4) is 0 Å². The second-order valence-corrected chi connectivity index (χ2v) is 4.08. The van der Waals surface area contributed by atoms with E-state index in [-0.39, 0.29) is 6.29 Å². The lowest BCUT2D eigenvalue weighted by Crippen LogP contribution is -2.49. The minimum atomic E-state index is -0.0526. The molecule has 0 atom stereocenters. The van der Waals surface area contributed by atoms with Gasteiger partial charge in [-0.05, 0) is 20.4 Å². The number of nitrogens with zero attached hydrogens (tertiary/aromatic N) is 2. The van der Waals surface area contributed by atoms with Gasteiger partial charge in [-0.15, -0.1) is 0 Å². The molecule has 1 aliphatic rings. The summed E-state index contributed by atoms with van der Waals surface area (Å²) in [5.41, 5.74) is 0. The van der Waals surface area contributed by atoms with E-state index in [9.17, 15) is 0 Å². The van der Waals surface area contributed by atoms with E-state index >= 15 is 0 Å². The summed E-state index contributed by atoms with van der Waals surface area (Å²) in [6, 6.07) is 0. The van der Waals surface area contributed by atoms with E-state index in [1.165, 1.54) is 13.1 Å². The molecular weight excluding hydrogens is 204 g/mol. The minimum Gasteiger partial charge on any atom is -0.352 e. The molecule has 1 fully saturated rings. The molecule has 0 radical (unpaired) electrons. The van der Waals surface area contributed by atoms with E-state index in [1.807, 2.05) is 13.8 Å². The molecule has 0 spiro atoms. The Labute approximate surface area is 99.5 Å². The Morgan fingerprint density at radius 1 is 0.875 bits per heavy atom. The van der Waals surface area contributed by atoms with Crippen molar-refractivity contribution in [2.45, 2.75) is 27.1 Å². The van der Waals surface area contributed by atoms with Gasteiger partial charge in [-0.2, -0.15) is 0 Å². The van der Waals surface area contributed by atoms with Gasteiger partial charge >= 0.3 is 0 Å². The first-order valence-corrected chi connectivity index (χ1v) is 6.48. The van der Waals surface area contributed by atoms with Crippen molar-refractivity contribution in [1.82, 2.24) is 9.80 Å². The van der Waals surface area contributed by atoms with Crippen molar-refractivity contribution >= 4 is 0 Å². The number of hydrogen-bond acceptors (Lipinski definition) is 4. The fourth-order valence-corrected chi connectivity index (χ4v) is 2.02. The van der Waals surface area contributed by atoms with Gasteiger partial charge in [-0.25, -0.2) is 0 Å². The van der Waals surface area contributed by atoms with Crippen molar-refractivity contribution in [2.75, 3.05) is 52.5 Å². The molecule has 1 rings (SSSR count). The van der Waals surface area contributed by atoms with Crippen molar-refractivity contribution < 1.29 is 9.47 Å². The molecule has 0 N–H and O–H groups in total. The molecule has 1 heterocycles. The van der Waals surface area contributed by atoms with Crippen LogP contribution in [0, 0.1) is 0 Å². The van der Waals surface area contributed by atoms with Crippen LogP contribution in [-0.2, 0) is 9.47 Å². The molecule has 0 bridgehead atoms. The molecule has 1 aliphatic heterocycles. The first-order chi connectivity index (χ1) is 7.80. The van der Waals surface area contributed by atoms with E-state index in [4.69, 9.17) is 9.47 Å². The summed E-state index contributed by atoms with van der Waals surface area (Å²) >= 11 is 0. The predicted octanol–water partition coefficient (Wildman–Crippen LogP) is 1.02. The third kappa shape index (κ3) is 4.78. The van der Waals surface area contributed by atoms with Crippen LogP contribution in [0.1, 0.15) is 20.8 Å². The van der Waals surface area contributed by atoms with Crippen molar-refractivity contribution in [3.05, 3.63) is 0 Å². The maximum Gasteiger partial charge on any atom is 0.170 e. The number of hydrogen-bond donors (Lipinski definition) is 0. The molecule has 0 aromatic rings. The number of piperazine rings is 1. The lowest BCUT2D eigenvalue weighted by molar-refractivity contribution is -0.149. The van der Waals surface area contributed by atoms with Crippen molar-refractivity contribution in [2.24, 2.45) is 0 Å². The van der Waals surface area contributed by atoms with Gasteiger partial charge in [0.05, 0.1) is 0 Å². The van der Waals surface area contributed by atoms with Gasteiger partial charge in [0.15, 0.2) is 6.29 Å². The third-order valence-electron chi connectivity index (χ3n) is 3.02. The Morgan fingerprint density at radius 3 is 1.81 bits per heavy atom. The van der Waals surface area contributed by atoms with Crippen LogP contribution >= 0.6 is 0 Å². The van der Waals surface area contributed by atoms with Gasteiger partial charge in [-0.3, -0.25) is 4.90 Å². The zero-order valence-electron chi connectivity index (χ0n) is 10.9. The Bertz CT molecular complexity index is 164. The molecule has 96 valence electrons. The lowest BCUT2D eigenvalue weighted by Gasteiger charge is -2.35. The van der Waals surface area contributed by atoms with E-state index in [2.05, 4.69) is 16.7 Å². The molecule has 0 aliphatic carbocycles. The van der Waals surface area contributed by atoms with E-state index in [1.54, 1.807) is 0 Å². The van der Waals surface area contributed by atoms with Crippen LogP contribution in [0.4, 0.5) is 0 Å². The number of likely N-dealkylation sites (N-methyl/N-ethyl adjacent to an activating group) is 1. The quantitative estimate of drug-likeness (QED) is 0.610. The molecule has 0 saturated carbocycles. The zero-order valence-corrected chi connectivity index (χ0v) is 10.9. The van der Waals surface area contributed by atoms with E-state index in [0.29, 0.717) is 0 Å². The highest BCUT2D eigenvalue weighted by atomic mass is 16.7. The highest BCUT2D eigenvalue weighted by Crippen LogP contribution is 2.05. The summed E-state index contributed by atoms with van der Waals surface area (Å²) in [4.78, 5) is 4.91. The van der Waals surface area contributed by atoms with Crippen molar-refractivity contribution in [1.29, 1.82) is 0 Å². The van der Waals surface area contributed by atoms with Crippen LogP contribution in [0.2, 0.25) is 0 Å². The average molecular weight is 230 g/mol. The van der Waals surface area contributed by atoms with E-state index in [0.717, 1.165) is 39.4 Å². The Hall–Kier alpha value is -0.160. The largest absolute Gasteiger partial charge is 0.352 e. The van der Waals surface area contributed by atoms with Crippen LogP contribution in [0.15, 0.2) is 0 Å². The summed E-state index contributed by atoms with van der Waals surface area (Å²) in [5.74, 6) is 0. The van der Waals surface area contributed by atoms with Crippen LogP contribution < -0.4 is 0 Å². The Morgan fingerprint density at radius 2 is 1.38 bits per heavy atom. The molecule has 16 heavy (non-hydrogen) atoms. The fraction of sp³-hybridized carbons (Fsp3) is 1.00. The minimum absolute atomic E-state index is 0.0526. The Balaban J connectivity index is 2.24. The van der Waals surface area contributed by atoms with Crippen LogP contribution in [0.25, 0.3) is 0 Å². The molecule has 1 saturated heterocycles. The maximum absolute atomic E-state index is 5.56. The average Bonchev–Trinajstić information content (AvgIpc) is 2.31. The van der Waals surface area contributed by atoms with Crippen molar-refractivity contribution in [3.8, 4) is 0 Å². The van der Waals surface area contributed by atoms with Crippen LogP contribution in [0.5, 0.6) is 0 Å². The normalized spacial score (nSPS) is 19.5. The second kappa shape index (κ2) is 8.01. The van der Waals surface area contributed by atoms with Crippen LogP contribution in [-0.4, -0.2) is 68.6 Å². The lowest BCUT2D eigenvalue weighted by atomic mass is 10.3. The topological polar surface area (TPSA) is 24.9 Å². The highest BCUT2D eigenvalue weighted by molar-refractivity contribution is 4.71. The number of rotatable bonds is 7. The first-order valence-electron chi connectivity index (χ1n) is 6.48. The van der Waals surface area contributed by atoms with E-state index < -0.39 is 0 Å². The molecular formula is C12H26N2O2. The summed E-state index contributed by atoms with van der Waals surface area (Å²) in [6.45, 7) is 14.4. The standard InChI is InChI=1S/C12H26N2O2/c1-4-13-7-9-14(10-8-13)11-12(15-5-2)16-6-3/h12H,4-11H2,1-3H3. The highest BCUT2D eigenvalue weighted by Gasteiger charge is 2.19. The molecule has 0 unspecified atom stereocenters. The number of ether oxygens (including phenoxy) is 2. The van der Waals surface area contributed by atoms with Gasteiger partial charge in [0, 0.05) is 45.9 Å². The second-order valence-electron chi connectivity index (χ2n) is 4.08. The van der Waals surface area contributed by atoms with Gasteiger partial charge in [0.25, 0.3) is 0 Å². The molecule has 0 aromatic heterocycles. The summed E-state index contributed by atoms with van der Waals surface area (Å²) in [5, 5.41) is 0. The summed E-state index contributed by atoms with van der Waals surface area (Å²) < 4.78 is 11.1. The van der Waals surface area contributed by atoms with Gasteiger partial charge < -0.3 is 14.4 Å². The predicted molar refractivity (Wildman–Crippen MR) is 65.6 cm³/mol. The fourth-order valence-electron chi connectivity index (χ4n) is 2.02. The first kappa shape index (κ1) is 13.9. The van der Waals surface area contributed by atoms with Gasteiger partial charge in [-0.1, -0.05) is 6.92 Å². The molecule has 4 heteroatoms. The maximum atomic E-state index is 5.56. The SMILES string of the molecule is CCOC(CN1CCN(CC)CC1)OCC. The molecule has 0 amide bonds. The van der Waals surface area contributed by atoms with Gasteiger partial charge in [0.2, 0.25) is 0 Å². The smallest absolute Gasteiger partial charge is 0.170 e. The Kier molecular flexibility index (Phi) is 6.96. The molecule has 0 aromatic carbocycles. The summed E-state index contributed by atoms with van der Waals surface area (Å²) in [6.07, 6.45) is -0.0526. The third-order valence-corrected chi connectivity index (χ3v) is 3.02. The van der Waals surface area contributed by atoms with Crippen molar-refractivity contribution in [3.63, 3.8) is 0 Å².